The van der Waals surface area contributed by atoms with E-state index in [2.05, 4.69) is 22.9 Å². The third kappa shape index (κ3) is 2.79. The zero-order valence-electron chi connectivity index (χ0n) is 7.43. The van der Waals surface area contributed by atoms with E-state index in [9.17, 15) is 0 Å². The minimum Gasteiger partial charge on any atom is -0.496 e. The minimum atomic E-state index is 0.763. The molecule has 0 aliphatic rings. The lowest BCUT2D eigenvalue weighted by molar-refractivity contribution is 0.411. The first-order valence-electron chi connectivity index (χ1n) is 3.84. The maximum Gasteiger partial charge on any atom is 0.134 e. The quantitative estimate of drug-likeness (QED) is 0.767. The molecular weight excluding hydrogens is 272 g/mol. The predicted octanol–water partition coefficient (Wildman–Crippen LogP) is 4.22. The summed E-state index contributed by atoms with van der Waals surface area (Å²) in [6.07, 6.45) is 0. The molecule has 1 aromatic rings. The van der Waals surface area contributed by atoms with Crippen LogP contribution in [0.4, 0.5) is 0 Å². The monoisotopic (exact) mass is 280 g/mol. The van der Waals surface area contributed by atoms with Crippen LogP contribution in [0.3, 0.4) is 0 Å². The summed E-state index contributed by atoms with van der Waals surface area (Å²) in [6.45, 7) is 2.09. The molecule has 0 N–H and O–H groups in total. The van der Waals surface area contributed by atoms with Crippen LogP contribution in [0.5, 0.6) is 5.75 Å². The van der Waals surface area contributed by atoms with E-state index >= 15 is 0 Å². The van der Waals surface area contributed by atoms with Crippen molar-refractivity contribution in [2.45, 2.75) is 11.8 Å². The number of benzene rings is 1. The van der Waals surface area contributed by atoms with Crippen LogP contribution in [-0.2, 0) is 0 Å². The highest BCUT2D eigenvalue weighted by Crippen LogP contribution is 2.36. The summed E-state index contributed by atoms with van der Waals surface area (Å²) >= 11 is 11.1. The van der Waals surface area contributed by atoms with E-state index in [0.29, 0.717) is 0 Å². The van der Waals surface area contributed by atoms with Gasteiger partial charge < -0.3 is 4.74 Å². The Hall–Kier alpha value is 0.140. The van der Waals surface area contributed by atoms with E-state index in [1.54, 1.807) is 18.9 Å². The highest BCUT2D eigenvalue weighted by Gasteiger charge is 2.06. The van der Waals surface area contributed by atoms with Gasteiger partial charge in [-0.2, -0.15) is 0 Å². The van der Waals surface area contributed by atoms with Crippen LogP contribution in [0.15, 0.2) is 21.5 Å². The summed E-state index contributed by atoms with van der Waals surface area (Å²) in [5.74, 6) is 1.82. The van der Waals surface area contributed by atoms with Crippen molar-refractivity contribution in [3.8, 4) is 5.75 Å². The van der Waals surface area contributed by atoms with Gasteiger partial charge in [-0.05, 0) is 33.8 Å². The van der Waals surface area contributed by atoms with Crippen LogP contribution in [0.25, 0.3) is 0 Å². The fourth-order valence-electron chi connectivity index (χ4n) is 0.933. The van der Waals surface area contributed by atoms with Gasteiger partial charge in [-0.15, -0.1) is 11.8 Å². The van der Waals surface area contributed by atoms with Crippen molar-refractivity contribution in [3.63, 3.8) is 0 Å². The second kappa shape index (κ2) is 5.13. The second-order valence-electron chi connectivity index (χ2n) is 2.35. The third-order valence-corrected chi connectivity index (χ3v) is 3.49. The van der Waals surface area contributed by atoms with E-state index in [1.165, 1.54) is 0 Å². The number of hydrogen-bond acceptors (Lipinski definition) is 2. The standard InChI is InChI=1S/C9H10BrClOS/c1-3-13-9-5-8(12-2)6(10)4-7(9)11/h4-5H,3H2,1-2H3. The summed E-state index contributed by atoms with van der Waals surface area (Å²) < 4.78 is 6.06. The van der Waals surface area contributed by atoms with Crippen molar-refractivity contribution >= 4 is 39.3 Å². The largest absolute Gasteiger partial charge is 0.496 e. The van der Waals surface area contributed by atoms with Gasteiger partial charge in [0.1, 0.15) is 5.75 Å². The van der Waals surface area contributed by atoms with E-state index in [4.69, 9.17) is 16.3 Å². The lowest BCUT2D eigenvalue weighted by atomic mass is 10.3. The fraction of sp³-hybridized carbons (Fsp3) is 0.333. The molecule has 0 amide bonds. The Morgan fingerprint density at radius 3 is 2.77 bits per heavy atom. The summed E-state index contributed by atoms with van der Waals surface area (Å²) in [5.41, 5.74) is 0. The summed E-state index contributed by atoms with van der Waals surface area (Å²) in [4.78, 5) is 1.06. The molecule has 1 aromatic carbocycles. The molecule has 0 aliphatic heterocycles. The molecule has 0 saturated heterocycles. The van der Waals surface area contributed by atoms with Crippen molar-refractivity contribution in [2.75, 3.05) is 12.9 Å². The van der Waals surface area contributed by atoms with Gasteiger partial charge in [0.05, 0.1) is 16.6 Å². The van der Waals surface area contributed by atoms with E-state index in [-0.39, 0.29) is 0 Å². The number of hydrogen-bond donors (Lipinski definition) is 0. The van der Waals surface area contributed by atoms with Gasteiger partial charge >= 0.3 is 0 Å². The molecule has 13 heavy (non-hydrogen) atoms. The molecule has 72 valence electrons. The van der Waals surface area contributed by atoms with Gasteiger partial charge in [0.2, 0.25) is 0 Å². The molecule has 0 saturated carbocycles. The number of rotatable bonds is 3. The maximum atomic E-state index is 6.03. The second-order valence-corrected chi connectivity index (χ2v) is 4.92. The molecule has 0 bridgehead atoms. The number of ether oxygens (including phenoxy) is 1. The minimum absolute atomic E-state index is 0.763. The zero-order valence-corrected chi connectivity index (χ0v) is 10.6. The Morgan fingerprint density at radius 2 is 2.23 bits per heavy atom. The first-order valence-corrected chi connectivity index (χ1v) is 6.00. The Morgan fingerprint density at radius 1 is 1.54 bits per heavy atom. The summed E-state index contributed by atoms with van der Waals surface area (Å²) in [7, 11) is 1.65. The fourth-order valence-corrected chi connectivity index (χ4v) is 2.60. The third-order valence-electron chi connectivity index (χ3n) is 1.51. The van der Waals surface area contributed by atoms with E-state index in [0.717, 1.165) is 25.9 Å². The van der Waals surface area contributed by atoms with Crippen LogP contribution < -0.4 is 4.74 Å². The molecule has 0 radical (unpaired) electrons. The average molecular weight is 282 g/mol. The average Bonchev–Trinajstić information content (AvgIpc) is 2.10. The zero-order chi connectivity index (χ0) is 9.84. The van der Waals surface area contributed by atoms with Crippen molar-refractivity contribution in [1.82, 2.24) is 0 Å². The Kier molecular flexibility index (Phi) is 4.42. The predicted molar refractivity (Wildman–Crippen MR) is 62.1 cm³/mol. The van der Waals surface area contributed by atoms with Gasteiger partial charge in [-0.1, -0.05) is 18.5 Å². The van der Waals surface area contributed by atoms with E-state index < -0.39 is 0 Å². The van der Waals surface area contributed by atoms with Crippen LogP contribution in [0, 0.1) is 0 Å². The Balaban J connectivity index is 3.06. The Bertz CT molecular complexity index is 304. The smallest absolute Gasteiger partial charge is 0.134 e. The van der Waals surface area contributed by atoms with Crippen LogP contribution >= 0.6 is 39.3 Å². The maximum absolute atomic E-state index is 6.03. The molecule has 0 aromatic heterocycles. The molecule has 4 heteroatoms. The first-order chi connectivity index (χ1) is 6.19. The molecule has 0 atom stereocenters. The van der Waals surface area contributed by atoms with Gasteiger partial charge in [0.15, 0.2) is 0 Å². The number of methoxy groups -OCH3 is 1. The van der Waals surface area contributed by atoms with E-state index in [1.807, 2.05) is 12.1 Å². The molecule has 0 aliphatic carbocycles. The number of thioether (sulfide) groups is 1. The van der Waals surface area contributed by atoms with Gasteiger partial charge in [0.25, 0.3) is 0 Å². The molecule has 0 heterocycles. The van der Waals surface area contributed by atoms with Crippen molar-refractivity contribution in [2.24, 2.45) is 0 Å². The Labute approximate surface area is 95.9 Å². The van der Waals surface area contributed by atoms with Crippen molar-refractivity contribution < 1.29 is 4.74 Å². The van der Waals surface area contributed by atoms with Crippen LogP contribution in [-0.4, -0.2) is 12.9 Å². The summed E-state index contributed by atoms with van der Waals surface area (Å²) in [6, 6.07) is 3.80. The van der Waals surface area contributed by atoms with Gasteiger partial charge in [-0.25, -0.2) is 0 Å². The van der Waals surface area contributed by atoms with Gasteiger partial charge in [0, 0.05) is 4.90 Å². The number of halogens is 2. The lowest BCUT2D eigenvalue weighted by Gasteiger charge is -2.07. The van der Waals surface area contributed by atoms with Crippen molar-refractivity contribution in [3.05, 3.63) is 21.6 Å². The topological polar surface area (TPSA) is 9.23 Å². The molecule has 1 nitrogen and oxygen atoms in total. The highest BCUT2D eigenvalue weighted by molar-refractivity contribution is 9.10. The molecular formula is C9H10BrClOS. The summed E-state index contributed by atoms with van der Waals surface area (Å²) in [5, 5.41) is 0.763. The molecule has 1 rings (SSSR count). The first kappa shape index (κ1) is 11.2. The SMILES string of the molecule is CCSc1cc(OC)c(Br)cc1Cl. The lowest BCUT2D eigenvalue weighted by Crippen LogP contribution is -1.86. The molecule has 0 unspecified atom stereocenters. The van der Waals surface area contributed by atoms with Crippen LogP contribution in [0.1, 0.15) is 6.92 Å². The van der Waals surface area contributed by atoms with Crippen LogP contribution in [0.2, 0.25) is 5.02 Å². The molecule has 0 fully saturated rings. The highest BCUT2D eigenvalue weighted by atomic mass is 79.9. The molecule has 0 spiro atoms. The normalized spacial score (nSPS) is 10.2. The van der Waals surface area contributed by atoms with Crippen molar-refractivity contribution in [1.29, 1.82) is 0 Å². The van der Waals surface area contributed by atoms with Gasteiger partial charge in [-0.3, -0.25) is 0 Å².